The Morgan fingerprint density at radius 3 is 2.78 bits per heavy atom. The average Bonchev–Trinajstić information content (AvgIpc) is 2.77. The molecule has 0 amide bonds. The monoisotopic (exact) mass is 270 g/mol. The standard InChI is InChI=1S/C14H20ClFN2/c1-14(2,3)11-4-5-18(9-11)13-10(7-15)6-12(16)8-17-13/h6,8,11H,4-5,7,9H2,1-3H3. The first-order chi connectivity index (χ1) is 8.41. The van der Waals surface area contributed by atoms with Gasteiger partial charge in [0.15, 0.2) is 0 Å². The van der Waals surface area contributed by atoms with Crippen molar-refractivity contribution in [2.45, 2.75) is 33.1 Å². The van der Waals surface area contributed by atoms with E-state index in [2.05, 4.69) is 30.7 Å². The molecule has 18 heavy (non-hydrogen) atoms. The Morgan fingerprint density at radius 1 is 1.50 bits per heavy atom. The maximum absolute atomic E-state index is 13.1. The molecule has 0 N–H and O–H groups in total. The van der Waals surface area contributed by atoms with Gasteiger partial charge in [-0.1, -0.05) is 20.8 Å². The second kappa shape index (κ2) is 5.04. The summed E-state index contributed by atoms with van der Waals surface area (Å²) < 4.78 is 13.1. The maximum atomic E-state index is 13.1. The smallest absolute Gasteiger partial charge is 0.141 e. The van der Waals surface area contributed by atoms with Gasteiger partial charge in [0, 0.05) is 18.7 Å². The lowest BCUT2D eigenvalue weighted by molar-refractivity contribution is 0.263. The molecule has 0 bridgehead atoms. The molecule has 2 rings (SSSR count). The number of hydrogen-bond donors (Lipinski definition) is 0. The van der Waals surface area contributed by atoms with E-state index in [1.165, 1.54) is 12.3 Å². The van der Waals surface area contributed by atoms with Gasteiger partial charge in [-0.15, -0.1) is 11.6 Å². The summed E-state index contributed by atoms with van der Waals surface area (Å²) in [5.74, 6) is 1.48. The number of rotatable bonds is 2. The second-order valence-electron chi connectivity index (χ2n) is 6.07. The van der Waals surface area contributed by atoms with Crippen LogP contribution >= 0.6 is 11.6 Å². The van der Waals surface area contributed by atoms with Crippen LogP contribution in [-0.4, -0.2) is 18.1 Å². The first-order valence-electron chi connectivity index (χ1n) is 6.37. The van der Waals surface area contributed by atoms with E-state index in [1.54, 1.807) is 0 Å². The summed E-state index contributed by atoms with van der Waals surface area (Å²) >= 11 is 5.88. The van der Waals surface area contributed by atoms with Crippen LogP contribution in [0, 0.1) is 17.2 Å². The minimum absolute atomic E-state index is 0.301. The van der Waals surface area contributed by atoms with Crippen LogP contribution in [0.4, 0.5) is 10.2 Å². The van der Waals surface area contributed by atoms with Crippen LogP contribution in [0.3, 0.4) is 0 Å². The molecule has 0 aromatic carbocycles. The topological polar surface area (TPSA) is 16.1 Å². The van der Waals surface area contributed by atoms with E-state index in [1.807, 2.05) is 0 Å². The number of anilines is 1. The summed E-state index contributed by atoms with van der Waals surface area (Å²) in [4.78, 5) is 6.44. The Labute approximate surface area is 113 Å². The highest BCUT2D eigenvalue weighted by molar-refractivity contribution is 6.17. The SMILES string of the molecule is CC(C)(C)C1CCN(c2ncc(F)cc2CCl)C1. The van der Waals surface area contributed by atoms with Crippen molar-refractivity contribution in [2.24, 2.45) is 11.3 Å². The van der Waals surface area contributed by atoms with Crippen molar-refractivity contribution >= 4 is 17.4 Å². The van der Waals surface area contributed by atoms with Gasteiger partial charge in [0.2, 0.25) is 0 Å². The number of nitrogens with zero attached hydrogens (tertiary/aromatic N) is 2. The van der Waals surface area contributed by atoms with Crippen molar-refractivity contribution in [1.29, 1.82) is 0 Å². The zero-order valence-corrected chi connectivity index (χ0v) is 12.0. The fourth-order valence-electron chi connectivity index (χ4n) is 2.52. The summed E-state index contributed by atoms with van der Waals surface area (Å²) in [7, 11) is 0. The number of hydrogen-bond acceptors (Lipinski definition) is 2. The van der Waals surface area contributed by atoms with Crippen molar-refractivity contribution in [3.05, 3.63) is 23.6 Å². The molecule has 0 aliphatic carbocycles. The molecule has 1 aliphatic heterocycles. The molecule has 0 radical (unpaired) electrons. The highest BCUT2D eigenvalue weighted by Crippen LogP contribution is 2.36. The lowest BCUT2D eigenvalue weighted by atomic mass is 9.80. The Hall–Kier alpha value is -0.830. The van der Waals surface area contributed by atoms with E-state index in [0.29, 0.717) is 17.2 Å². The summed E-state index contributed by atoms with van der Waals surface area (Å²) in [6.45, 7) is 8.75. The molecular weight excluding hydrogens is 251 g/mol. The Kier molecular flexibility index (Phi) is 3.81. The van der Waals surface area contributed by atoms with E-state index >= 15 is 0 Å². The second-order valence-corrected chi connectivity index (χ2v) is 6.33. The minimum atomic E-state index is -0.319. The molecule has 1 atom stereocenters. The highest BCUT2D eigenvalue weighted by atomic mass is 35.5. The van der Waals surface area contributed by atoms with E-state index in [-0.39, 0.29) is 5.82 Å². The number of alkyl halides is 1. The normalized spacial score (nSPS) is 20.5. The van der Waals surface area contributed by atoms with E-state index < -0.39 is 0 Å². The summed E-state index contributed by atoms with van der Waals surface area (Å²) in [6, 6.07) is 1.49. The molecule has 2 nitrogen and oxygen atoms in total. The number of pyridine rings is 1. The molecule has 1 aromatic rings. The van der Waals surface area contributed by atoms with Gasteiger partial charge < -0.3 is 4.90 Å². The lowest BCUT2D eigenvalue weighted by Crippen LogP contribution is -2.27. The van der Waals surface area contributed by atoms with Crippen LogP contribution in [0.1, 0.15) is 32.8 Å². The van der Waals surface area contributed by atoms with Crippen LogP contribution in [0.15, 0.2) is 12.3 Å². The van der Waals surface area contributed by atoms with Crippen molar-refractivity contribution < 1.29 is 4.39 Å². The summed E-state index contributed by atoms with van der Waals surface area (Å²) in [6.07, 6.45) is 2.43. The van der Waals surface area contributed by atoms with Gasteiger partial charge in [0.05, 0.1) is 12.1 Å². The lowest BCUT2D eigenvalue weighted by Gasteiger charge is -2.27. The van der Waals surface area contributed by atoms with Gasteiger partial charge in [-0.25, -0.2) is 9.37 Å². The van der Waals surface area contributed by atoms with Crippen LogP contribution < -0.4 is 4.90 Å². The average molecular weight is 271 g/mol. The molecule has 1 unspecified atom stereocenters. The molecule has 0 saturated carbocycles. The largest absolute Gasteiger partial charge is 0.356 e. The predicted octanol–water partition coefficient (Wildman–Crippen LogP) is 3.83. The number of halogens is 2. The molecule has 1 aromatic heterocycles. The third-order valence-electron chi connectivity index (χ3n) is 3.77. The molecular formula is C14H20ClFN2. The van der Waals surface area contributed by atoms with Crippen LogP contribution in [-0.2, 0) is 5.88 Å². The fourth-order valence-corrected chi connectivity index (χ4v) is 2.71. The van der Waals surface area contributed by atoms with Gasteiger partial charge in [-0.05, 0) is 23.8 Å². The quantitative estimate of drug-likeness (QED) is 0.759. The molecule has 4 heteroatoms. The van der Waals surface area contributed by atoms with Gasteiger partial charge in [0.25, 0.3) is 0 Å². The van der Waals surface area contributed by atoms with Crippen LogP contribution in [0.2, 0.25) is 0 Å². The molecule has 2 heterocycles. The first-order valence-corrected chi connectivity index (χ1v) is 6.90. The van der Waals surface area contributed by atoms with Crippen LogP contribution in [0.5, 0.6) is 0 Å². The third-order valence-corrected chi connectivity index (χ3v) is 4.05. The third kappa shape index (κ3) is 2.77. The molecule has 100 valence electrons. The van der Waals surface area contributed by atoms with Crippen molar-refractivity contribution in [2.75, 3.05) is 18.0 Å². The predicted molar refractivity (Wildman–Crippen MR) is 73.5 cm³/mol. The minimum Gasteiger partial charge on any atom is -0.356 e. The molecule has 1 saturated heterocycles. The zero-order valence-electron chi connectivity index (χ0n) is 11.2. The van der Waals surface area contributed by atoms with Gasteiger partial charge in [-0.3, -0.25) is 0 Å². The molecule has 1 fully saturated rings. The Balaban J connectivity index is 2.19. The maximum Gasteiger partial charge on any atom is 0.141 e. The van der Waals surface area contributed by atoms with Gasteiger partial charge in [0.1, 0.15) is 11.6 Å². The Bertz CT molecular complexity index is 428. The van der Waals surface area contributed by atoms with Crippen molar-refractivity contribution in [1.82, 2.24) is 4.98 Å². The van der Waals surface area contributed by atoms with E-state index in [4.69, 9.17) is 11.6 Å². The molecule has 1 aliphatic rings. The number of aromatic nitrogens is 1. The van der Waals surface area contributed by atoms with Crippen LogP contribution in [0.25, 0.3) is 0 Å². The van der Waals surface area contributed by atoms with E-state index in [0.717, 1.165) is 30.9 Å². The van der Waals surface area contributed by atoms with E-state index in [9.17, 15) is 4.39 Å². The fraction of sp³-hybridized carbons (Fsp3) is 0.643. The van der Waals surface area contributed by atoms with Gasteiger partial charge >= 0.3 is 0 Å². The zero-order chi connectivity index (χ0) is 13.3. The summed E-state index contributed by atoms with van der Waals surface area (Å²) in [5, 5.41) is 0. The van der Waals surface area contributed by atoms with Crippen molar-refractivity contribution in [3.63, 3.8) is 0 Å². The highest BCUT2D eigenvalue weighted by Gasteiger charge is 2.32. The van der Waals surface area contributed by atoms with Crippen molar-refractivity contribution in [3.8, 4) is 0 Å². The first kappa shape index (κ1) is 13.6. The molecule has 0 spiro atoms. The Morgan fingerprint density at radius 2 is 2.22 bits per heavy atom. The van der Waals surface area contributed by atoms with Gasteiger partial charge in [-0.2, -0.15) is 0 Å². The summed E-state index contributed by atoms with van der Waals surface area (Å²) in [5.41, 5.74) is 1.09.